The number of carbonyl (C=O) groups is 1. The number of carbonyl (C=O) groups excluding carboxylic acids is 1. The van der Waals surface area contributed by atoms with E-state index in [1.165, 1.54) is 0 Å². The maximum atomic E-state index is 12.6. The second-order valence-corrected chi connectivity index (χ2v) is 8.03. The largest absolute Gasteiger partial charge is 0.294 e. The number of Topliss-reactive ketones (excluding diaryl/α,β-unsaturated/α-hetero) is 1. The SMILES string of the molecule is C=C(C)c1ccc(C(=O)C2CC3CCC(C2)S3=O)cc1. The summed E-state index contributed by atoms with van der Waals surface area (Å²) in [6.07, 6.45) is 3.69. The minimum Gasteiger partial charge on any atom is -0.294 e. The third-order valence-corrected chi connectivity index (χ3v) is 6.77. The molecule has 2 aliphatic heterocycles. The van der Waals surface area contributed by atoms with Crippen LogP contribution in [-0.2, 0) is 10.8 Å². The lowest BCUT2D eigenvalue weighted by atomic mass is 9.90. The summed E-state index contributed by atoms with van der Waals surface area (Å²) in [5.41, 5.74) is 2.87. The molecule has 2 atom stereocenters. The van der Waals surface area contributed by atoms with Gasteiger partial charge in [0.05, 0.1) is 0 Å². The number of rotatable bonds is 3. The average molecular weight is 288 g/mol. The minimum absolute atomic E-state index is 0.0703. The van der Waals surface area contributed by atoms with Gasteiger partial charge in [-0.05, 0) is 38.2 Å². The predicted molar refractivity (Wildman–Crippen MR) is 83.2 cm³/mol. The van der Waals surface area contributed by atoms with E-state index in [1.807, 2.05) is 31.2 Å². The molecule has 0 radical (unpaired) electrons. The third-order valence-electron chi connectivity index (χ3n) is 4.60. The highest BCUT2D eigenvalue weighted by molar-refractivity contribution is 7.86. The van der Waals surface area contributed by atoms with Gasteiger partial charge in [0.1, 0.15) is 0 Å². The summed E-state index contributed by atoms with van der Waals surface area (Å²) in [5.74, 6) is 0.299. The lowest BCUT2D eigenvalue weighted by Gasteiger charge is -2.26. The fourth-order valence-electron chi connectivity index (χ4n) is 3.40. The molecule has 2 aliphatic rings. The van der Waals surface area contributed by atoms with E-state index in [-0.39, 0.29) is 22.2 Å². The number of benzene rings is 1. The molecular weight excluding hydrogens is 268 g/mol. The van der Waals surface area contributed by atoms with Crippen LogP contribution in [0.15, 0.2) is 30.8 Å². The maximum Gasteiger partial charge on any atom is 0.166 e. The van der Waals surface area contributed by atoms with Gasteiger partial charge in [-0.1, -0.05) is 36.4 Å². The van der Waals surface area contributed by atoms with Crippen molar-refractivity contribution in [3.05, 3.63) is 42.0 Å². The molecule has 2 bridgehead atoms. The highest BCUT2D eigenvalue weighted by atomic mass is 32.2. The quantitative estimate of drug-likeness (QED) is 0.797. The Labute approximate surface area is 122 Å². The van der Waals surface area contributed by atoms with Crippen LogP contribution in [0.25, 0.3) is 5.57 Å². The summed E-state index contributed by atoms with van der Waals surface area (Å²) in [4.78, 5) is 12.6. The summed E-state index contributed by atoms with van der Waals surface area (Å²) < 4.78 is 12.0. The van der Waals surface area contributed by atoms with Gasteiger partial charge in [0.2, 0.25) is 0 Å². The summed E-state index contributed by atoms with van der Waals surface area (Å²) in [7, 11) is -0.686. The summed E-state index contributed by atoms with van der Waals surface area (Å²) in [6, 6.07) is 7.73. The molecule has 106 valence electrons. The van der Waals surface area contributed by atoms with E-state index in [0.717, 1.165) is 42.4 Å². The number of allylic oxidation sites excluding steroid dienone is 1. The smallest absolute Gasteiger partial charge is 0.166 e. The van der Waals surface area contributed by atoms with Gasteiger partial charge in [0.15, 0.2) is 5.78 Å². The zero-order chi connectivity index (χ0) is 14.3. The van der Waals surface area contributed by atoms with E-state index < -0.39 is 10.8 Å². The monoisotopic (exact) mass is 288 g/mol. The fourth-order valence-corrected chi connectivity index (χ4v) is 5.53. The molecule has 0 spiro atoms. The van der Waals surface area contributed by atoms with Crippen LogP contribution in [0.1, 0.15) is 48.5 Å². The Morgan fingerprint density at radius 2 is 1.60 bits per heavy atom. The molecule has 0 N–H and O–H groups in total. The summed E-state index contributed by atoms with van der Waals surface area (Å²) >= 11 is 0. The predicted octanol–water partition coefficient (Wildman–Crippen LogP) is 3.59. The Balaban J connectivity index is 1.76. The molecule has 2 unspecified atom stereocenters. The topological polar surface area (TPSA) is 34.1 Å². The van der Waals surface area contributed by atoms with Crippen molar-refractivity contribution in [3.63, 3.8) is 0 Å². The Morgan fingerprint density at radius 3 is 2.10 bits per heavy atom. The fraction of sp³-hybridized carbons (Fsp3) is 0.471. The van der Waals surface area contributed by atoms with Crippen LogP contribution in [0, 0.1) is 5.92 Å². The second-order valence-electron chi connectivity index (χ2n) is 6.04. The first-order valence-corrected chi connectivity index (χ1v) is 8.53. The van der Waals surface area contributed by atoms with Crippen LogP contribution in [0.3, 0.4) is 0 Å². The first-order chi connectivity index (χ1) is 9.56. The first kappa shape index (κ1) is 13.7. The van der Waals surface area contributed by atoms with Crippen LogP contribution in [-0.4, -0.2) is 20.5 Å². The van der Waals surface area contributed by atoms with Gasteiger partial charge in [0.25, 0.3) is 0 Å². The molecule has 2 saturated heterocycles. The highest BCUT2D eigenvalue weighted by Gasteiger charge is 2.42. The molecule has 1 aromatic carbocycles. The Kier molecular flexibility index (Phi) is 3.63. The van der Waals surface area contributed by atoms with Crippen LogP contribution in [0.2, 0.25) is 0 Å². The van der Waals surface area contributed by atoms with E-state index in [1.54, 1.807) is 0 Å². The molecule has 2 fully saturated rings. The van der Waals surface area contributed by atoms with Gasteiger partial charge in [-0.15, -0.1) is 0 Å². The van der Waals surface area contributed by atoms with E-state index in [4.69, 9.17) is 0 Å². The lowest BCUT2D eigenvalue weighted by molar-refractivity contribution is 0.0906. The Hall–Kier alpha value is -1.22. The van der Waals surface area contributed by atoms with Crippen molar-refractivity contribution >= 4 is 22.2 Å². The third kappa shape index (κ3) is 2.39. The first-order valence-electron chi connectivity index (χ1n) is 7.26. The van der Waals surface area contributed by atoms with Crippen molar-refractivity contribution in [3.8, 4) is 0 Å². The molecule has 20 heavy (non-hydrogen) atoms. The minimum atomic E-state index is -0.686. The summed E-state index contributed by atoms with van der Waals surface area (Å²) in [5, 5.41) is 0.523. The van der Waals surface area contributed by atoms with Crippen molar-refractivity contribution in [2.45, 2.75) is 43.1 Å². The van der Waals surface area contributed by atoms with Crippen molar-refractivity contribution in [2.75, 3.05) is 0 Å². The zero-order valence-corrected chi connectivity index (χ0v) is 12.6. The molecule has 3 heteroatoms. The standard InChI is InChI=1S/C17H20O2S/c1-11(2)12-3-5-13(6-4-12)17(18)14-9-15-7-8-16(10-14)20(15)19/h3-6,14-16H,1,7-10H2,2H3. The number of ketones is 1. The number of hydrogen-bond donors (Lipinski definition) is 0. The maximum absolute atomic E-state index is 12.6. The molecule has 0 aromatic heterocycles. The van der Waals surface area contributed by atoms with Gasteiger partial charge in [0, 0.05) is 32.8 Å². The molecule has 2 heterocycles. The van der Waals surface area contributed by atoms with Crippen molar-refractivity contribution in [1.29, 1.82) is 0 Å². The molecule has 0 saturated carbocycles. The van der Waals surface area contributed by atoms with E-state index in [2.05, 4.69) is 6.58 Å². The van der Waals surface area contributed by atoms with E-state index >= 15 is 0 Å². The van der Waals surface area contributed by atoms with Gasteiger partial charge >= 0.3 is 0 Å². The normalized spacial score (nSPS) is 32.0. The van der Waals surface area contributed by atoms with Crippen LogP contribution in [0.4, 0.5) is 0 Å². The molecular formula is C17H20O2S. The molecule has 1 aromatic rings. The van der Waals surface area contributed by atoms with Gasteiger partial charge in [-0.25, -0.2) is 0 Å². The molecule has 0 amide bonds. The van der Waals surface area contributed by atoms with Crippen LogP contribution < -0.4 is 0 Å². The summed E-state index contributed by atoms with van der Waals surface area (Å²) in [6.45, 7) is 5.87. The number of hydrogen-bond acceptors (Lipinski definition) is 2. The van der Waals surface area contributed by atoms with E-state index in [0.29, 0.717) is 0 Å². The van der Waals surface area contributed by atoms with Gasteiger partial charge in [-0.3, -0.25) is 9.00 Å². The molecule has 2 nitrogen and oxygen atoms in total. The van der Waals surface area contributed by atoms with Crippen molar-refractivity contribution < 1.29 is 9.00 Å². The van der Waals surface area contributed by atoms with Crippen molar-refractivity contribution in [1.82, 2.24) is 0 Å². The van der Waals surface area contributed by atoms with Gasteiger partial charge in [-0.2, -0.15) is 0 Å². The van der Waals surface area contributed by atoms with E-state index in [9.17, 15) is 9.00 Å². The van der Waals surface area contributed by atoms with Crippen molar-refractivity contribution in [2.24, 2.45) is 5.92 Å². The Bertz CT molecular complexity index is 557. The van der Waals surface area contributed by atoms with Crippen LogP contribution >= 0.6 is 0 Å². The Morgan fingerprint density at radius 1 is 1.10 bits per heavy atom. The van der Waals surface area contributed by atoms with Gasteiger partial charge < -0.3 is 0 Å². The van der Waals surface area contributed by atoms with Crippen LogP contribution in [0.5, 0.6) is 0 Å². The molecule has 3 rings (SSSR count). The molecule has 0 aliphatic carbocycles. The zero-order valence-electron chi connectivity index (χ0n) is 11.8. The second kappa shape index (κ2) is 5.28. The highest BCUT2D eigenvalue weighted by Crippen LogP contribution is 2.39. The lowest BCUT2D eigenvalue weighted by Crippen LogP contribution is -2.32. The number of fused-ring (bicyclic) bond motifs is 2. The average Bonchev–Trinajstić information content (AvgIpc) is 2.68.